The lowest BCUT2D eigenvalue weighted by molar-refractivity contribution is 0.0820. The molecule has 2 N–H and O–H groups in total. The van der Waals surface area contributed by atoms with Crippen molar-refractivity contribution in [3.8, 4) is 10.6 Å². The van der Waals surface area contributed by atoms with Crippen LogP contribution in [0.4, 0.5) is 0 Å². The van der Waals surface area contributed by atoms with Crippen molar-refractivity contribution in [3.05, 3.63) is 29.6 Å². The summed E-state index contributed by atoms with van der Waals surface area (Å²) in [6, 6.07) is 3.78. The maximum absolute atomic E-state index is 12.4. The molecule has 1 aliphatic carbocycles. The molecule has 1 saturated carbocycles. The van der Waals surface area contributed by atoms with E-state index in [0.717, 1.165) is 17.7 Å². The lowest BCUT2D eigenvalue weighted by Crippen LogP contribution is -2.50. The molecule has 3 rings (SSSR count). The van der Waals surface area contributed by atoms with Gasteiger partial charge < -0.3 is 14.8 Å². The van der Waals surface area contributed by atoms with E-state index in [4.69, 9.17) is 4.42 Å². The minimum Gasteiger partial charge on any atom is -0.442 e. The summed E-state index contributed by atoms with van der Waals surface area (Å²) >= 11 is 1.49. The number of carbonyl (C=O) groups is 1. The van der Waals surface area contributed by atoms with Gasteiger partial charge >= 0.3 is 0 Å². The minimum atomic E-state index is -0.581. The maximum Gasteiger partial charge on any atom is 0.274 e. The van der Waals surface area contributed by atoms with E-state index in [0.29, 0.717) is 11.7 Å². The van der Waals surface area contributed by atoms with Crippen molar-refractivity contribution < 1.29 is 14.3 Å². The lowest BCUT2D eigenvalue weighted by atomic mass is 9.96. The van der Waals surface area contributed by atoms with Crippen LogP contribution in [0.25, 0.3) is 10.6 Å². The van der Waals surface area contributed by atoms with Crippen molar-refractivity contribution in [2.24, 2.45) is 5.92 Å². The molecule has 0 aliphatic heterocycles. The standard InChI is InChI=1S/C14H16N2O3S/c1-14(7-17,9-4-5-9)16-13(18)11-12(19-8-15-11)10-3-2-6-20-10/h2-3,6,8-9,17H,4-5,7H2,1H3,(H,16,18). The van der Waals surface area contributed by atoms with Gasteiger partial charge in [-0.05, 0) is 37.1 Å². The fourth-order valence-corrected chi connectivity index (χ4v) is 3.01. The Morgan fingerprint density at radius 2 is 2.45 bits per heavy atom. The first-order valence-corrected chi connectivity index (χ1v) is 7.43. The topological polar surface area (TPSA) is 75.4 Å². The molecule has 2 aromatic heterocycles. The molecule has 0 bridgehead atoms. The number of aromatic nitrogens is 1. The highest BCUT2D eigenvalue weighted by atomic mass is 32.1. The van der Waals surface area contributed by atoms with Crippen LogP contribution in [0.5, 0.6) is 0 Å². The second-order valence-electron chi connectivity index (χ2n) is 5.31. The van der Waals surface area contributed by atoms with E-state index >= 15 is 0 Å². The number of carbonyl (C=O) groups excluding carboxylic acids is 1. The Kier molecular flexibility index (Phi) is 3.35. The van der Waals surface area contributed by atoms with E-state index in [-0.39, 0.29) is 18.2 Å². The fraction of sp³-hybridized carbons (Fsp3) is 0.429. The predicted molar refractivity (Wildman–Crippen MR) is 75.5 cm³/mol. The maximum atomic E-state index is 12.4. The van der Waals surface area contributed by atoms with Crippen LogP contribution in [-0.2, 0) is 0 Å². The largest absolute Gasteiger partial charge is 0.442 e. The molecule has 0 aromatic carbocycles. The van der Waals surface area contributed by atoms with Crippen molar-refractivity contribution in [2.45, 2.75) is 25.3 Å². The smallest absolute Gasteiger partial charge is 0.274 e. The normalized spacial score (nSPS) is 17.7. The molecule has 1 fully saturated rings. The zero-order valence-corrected chi connectivity index (χ0v) is 11.9. The quantitative estimate of drug-likeness (QED) is 0.886. The summed E-state index contributed by atoms with van der Waals surface area (Å²) in [4.78, 5) is 17.3. The number of hydrogen-bond acceptors (Lipinski definition) is 5. The van der Waals surface area contributed by atoms with E-state index in [1.165, 1.54) is 17.7 Å². The number of aliphatic hydroxyl groups excluding tert-OH is 1. The van der Waals surface area contributed by atoms with Crippen molar-refractivity contribution >= 4 is 17.2 Å². The highest BCUT2D eigenvalue weighted by molar-refractivity contribution is 7.13. The SMILES string of the molecule is CC(CO)(NC(=O)c1ncoc1-c1cccs1)C1CC1. The van der Waals surface area contributed by atoms with Crippen LogP contribution >= 0.6 is 11.3 Å². The van der Waals surface area contributed by atoms with Crippen LogP contribution in [0.1, 0.15) is 30.3 Å². The monoisotopic (exact) mass is 292 g/mol. The Hall–Kier alpha value is -1.66. The first-order valence-electron chi connectivity index (χ1n) is 6.55. The number of thiophene rings is 1. The number of nitrogens with one attached hydrogen (secondary N) is 1. The Bertz CT molecular complexity index is 604. The van der Waals surface area contributed by atoms with Gasteiger partial charge in [0.05, 0.1) is 17.0 Å². The molecule has 0 radical (unpaired) electrons. The second kappa shape index (κ2) is 5.03. The third-order valence-electron chi connectivity index (χ3n) is 3.73. The first kappa shape index (κ1) is 13.3. The summed E-state index contributed by atoms with van der Waals surface area (Å²) in [5, 5.41) is 14.4. The number of rotatable bonds is 5. The van der Waals surface area contributed by atoms with E-state index in [2.05, 4.69) is 10.3 Å². The van der Waals surface area contributed by atoms with Crippen LogP contribution in [-0.4, -0.2) is 28.1 Å². The van der Waals surface area contributed by atoms with Crippen molar-refractivity contribution in [3.63, 3.8) is 0 Å². The zero-order chi connectivity index (χ0) is 14.2. The van der Waals surface area contributed by atoms with Crippen molar-refractivity contribution in [1.82, 2.24) is 10.3 Å². The van der Waals surface area contributed by atoms with Gasteiger partial charge in [0, 0.05) is 0 Å². The van der Waals surface area contributed by atoms with Gasteiger partial charge in [-0.1, -0.05) is 6.07 Å². The Morgan fingerprint density at radius 3 is 3.05 bits per heavy atom. The summed E-state index contributed by atoms with van der Waals surface area (Å²) in [5.41, 5.74) is -0.310. The van der Waals surface area contributed by atoms with Gasteiger partial charge in [0.25, 0.3) is 5.91 Å². The predicted octanol–water partition coefficient (Wildman–Crippen LogP) is 2.29. The molecule has 1 aliphatic rings. The van der Waals surface area contributed by atoms with Gasteiger partial charge in [0.15, 0.2) is 17.8 Å². The summed E-state index contributed by atoms with van der Waals surface area (Å²) in [5.74, 6) is 0.521. The van der Waals surface area contributed by atoms with Crippen LogP contribution in [0.2, 0.25) is 0 Å². The van der Waals surface area contributed by atoms with Crippen molar-refractivity contribution in [2.75, 3.05) is 6.61 Å². The summed E-state index contributed by atoms with van der Waals surface area (Å²) in [6.07, 6.45) is 3.35. The molecule has 5 nitrogen and oxygen atoms in total. The van der Waals surface area contributed by atoms with Gasteiger partial charge in [-0.3, -0.25) is 4.79 Å². The van der Waals surface area contributed by atoms with E-state index in [9.17, 15) is 9.90 Å². The molecule has 1 amide bonds. The third-order valence-corrected chi connectivity index (χ3v) is 4.60. The minimum absolute atomic E-state index is 0.0738. The molecular formula is C14H16N2O3S. The number of hydrogen-bond donors (Lipinski definition) is 2. The Morgan fingerprint density at radius 1 is 1.65 bits per heavy atom. The zero-order valence-electron chi connectivity index (χ0n) is 11.1. The third kappa shape index (κ3) is 2.36. The summed E-state index contributed by atoms with van der Waals surface area (Å²) < 4.78 is 5.33. The number of oxazole rings is 1. The number of aliphatic hydroxyl groups is 1. The number of amides is 1. The second-order valence-corrected chi connectivity index (χ2v) is 6.26. The number of nitrogens with zero attached hydrogens (tertiary/aromatic N) is 1. The molecule has 1 unspecified atom stereocenters. The van der Waals surface area contributed by atoms with Crippen LogP contribution in [0.15, 0.2) is 28.3 Å². The van der Waals surface area contributed by atoms with Gasteiger partial charge in [-0.25, -0.2) is 4.98 Å². The summed E-state index contributed by atoms with van der Waals surface area (Å²) in [6.45, 7) is 1.79. The molecular weight excluding hydrogens is 276 g/mol. The fourth-order valence-electron chi connectivity index (χ4n) is 2.30. The van der Waals surface area contributed by atoms with Crippen LogP contribution in [0, 0.1) is 5.92 Å². The molecule has 2 heterocycles. The van der Waals surface area contributed by atoms with Crippen molar-refractivity contribution in [1.29, 1.82) is 0 Å². The molecule has 6 heteroatoms. The van der Waals surface area contributed by atoms with Gasteiger partial charge in [0.1, 0.15) is 0 Å². The Labute approximate surface area is 120 Å². The molecule has 0 spiro atoms. The molecule has 106 valence electrons. The Balaban J connectivity index is 1.83. The average Bonchev–Trinajstić information content (AvgIpc) is 2.98. The van der Waals surface area contributed by atoms with Gasteiger partial charge in [-0.15, -0.1) is 11.3 Å². The molecule has 1 atom stereocenters. The summed E-state index contributed by atoms with van der Waals surface area (Å²) in [7, 11) is 0. The van der Waals surface area contributed by atoms with Crippen LogP contribution in [0.3, 0.4) is 0 Å². The average molecular weight is 292 g/mol. The highest BCUT2D eigenvalue weighted by Crippen LogP contribution is 2.39. The highest BCUT2D eigenvalue weighted by Gasteiger charge is 2.42. The molecule has 0 saturated heterocycles. The van der Waals surface area contributed by atoms with E-state index < -0.39 is 5.54 Å². The first-order chi connectivity index (χ1) is 9.64. The molecule has 2 aromatic rings. The van der Waals surface area contributed by atoms with Crippen LogP contribution < -0.4 is 5.32 Å². The van der Waals surface area contributed by atoms with E-state index in [1.54, 1.807) is 0 Å². The molecule has 20 heavy (non-hydrogen) atoms. The lowest BCUT2D eigenvalue weighted by Gasteiger charge is -2.28. The van der Waals surface area contributed by atoms with E-state index in [1.807, 2.05) is 24.4 Å². The van der Waals surface area contributed by atoms with Gasteiger partial charge in [0.2, 0.25) is 0 Å². The van der Waals surface area contributed by atoms with Gasteiger partial charge in [-0.2, -0.15) is 0 Å².